The Labute approximate surface area is 169 Å². The lowest BCUT2D eigenvalue weighted by molar-refractivity contribution is -0.131. The third-order valence-electron chi connectivity index (χ3n) is 4.25. The van der Waals surface area contributed by atoms with Gasteiger partial charge in [0.2, 0.25) is 0 Å². The van der Waals surface area contributed by atoms with Gasteiger partial charge in [0.15, 0.2) is 12.2 Å². The van der Waals surface area contributed by atoms with E-state index in [9.17, 15) is 14.4 Å². The summed E-state index contributed by atoms with van der Waals surface area (Å²) in [6.07, 6.45) is -0.721. The fourth-order valence-electron chi connectivity index (χ4n) is 2.80. The van der Waals surface area contributed by atoms with Crippen LogP contribution < -0.4 is 0 Å². The van der Waals surface area contributed by atoms with E-state index < -0.39 is 24.6 Å². The Morgan fingerprint density at radius 3 is 2.72 bits per heavy atom. The monoisotopic (exact) mass is 412 g/mol. The molecule has 9 heteroatoms. The van der Waals surface area contributed by atoms with Crippen LogP contribution in [0.2, 0.25) is 0 Å². The number of thioether (sulfide) groups is 1. The van der Waals surface area contributed by atoms with Crippen LogP contribution in [0.1, 0.15) is 15.9 Å². The Bertz CT molecular complexity index is 1050. The zero-order valence-electron chi connectivity index (χ0n) is 15.2. The van der Waals surface area contributed by atoms with Crippen LogP contribution in [0.4, 0.5) is 4.79 Å². The van der Waals surface area contributed by atoms with Crippen LogP contribution in [-0.4, -0.2) is 47.6 Å². The quantitative estimate of drug-likeness (QED) is 0.449. The molecule has 148 valence electrons. The van der Waals surface area contributed by atoms with Gasteiger partial charge in [0.05, 0.1) is 12.1 Å². The Hall–Kier alpha value is -3.33. The van der Waals surface area contributed by atoms with Crippen LogP contribution >= 0.6 is 11.8 Å². The van der Waals surface area contributed by atoms with E-state index in [1.807, 2.05) is 30.3 Å². The summed E-state index contributed by atoms with van der Waals surface area (Å²) in [7, 11) is 0. The van der Waals surface area contributed by atoms with E-state index in [1.165, 1.54) is 11.8 Å². The molecular formula is C20H16N2O6S. The lowest BCUT2D eigenvalue weighted by atomic mass is 10.1. The third kappa shape index (κ3) is 4.24. The molecule has 8 nitrogen and oxygen atoms in total. The standard InChI is InChI=1S/C20H16N2O6S/c23-17(22-9-10-26-20(22)25)11-27-18(24)14-6-2-1-5-13(14)12-29-19-21-15-7-3-4-8-16(15)28-19/h1-8H,9-12H2. The Balaban J connectivity index is 1.40. The number of imide groups is 1. The highest BCUT2D eigenvalue weighted by molar-refractivity contribution is 7.98. The van der Waals surface area contributed by atoms with Crippen molar-refractivity contribution in [3.8, 4) is 0 Å². The molecule has 3 aromatic rings. The summed E-state index contributed by atoms with van der Waals surface area (Å²) in [4.78, 5) is 41.2. The van der Waals surface area contributed by atoms with Crippen LogP contribution in [0.15, 0.2) is 58.2 Å². The van der Waals surface area contributed by atoms with Crippen molar-refractivity contribution in [2.45, 2.75) is 11.0 Å². The second-order valence-electron chi connectivity index (χ2n) is 6.13. The number of carbonyl (C=O) groups excluding carboxylic acids is 3. The summed E-state index contributed by atoms with van der Waals surface area (Å²) in [5.41, 5.74) is 2.52. The van der Waals surface area contributed by atoms with Crippen molar-refractivity contribution in [3.05, 3.63) is 59.7 Å². The van der Waals surface area contributed by atoms with Gasteiger partial charge in [0.25, 0.3) is 11.1 Å². The highest BCUT2D eigenvalue weighted by Gasteiger charge is 2.29. The van der Waals surface area contributed by atoms with E-state index >= 15 is 0 Å². The van der Waals surface area contributed by atoms with E-state index in [2.05, 4.69) is 4.98 Å². The minimum atomic E-state index is -0.721. The molecule has 1 aliphatic heterocycles. The molecular weight excluding hydrogens is 396 g/mol. The van der Waals surface area contributed by atoms with Gasteiger partial charge < -0.3 is 13.9 Å². The van der Waals surface area contributed by atoms with Crippen LogP contribution in [0.5, 0.6) is 0 Å². The number of benzene rings is 2. The number of fused-ring (bicyclic) bond motifs is 1. The summed E-state index contributed by atoms with van der Waals surface area (Å²) in [5.74, 6) is -0.816. The smallest absolute Gasteiger partial charge is 0.416 e. The Kier molecular flexibility index (Phi) is 5.48. The summed E-state index contributed by atoms with van der Waals surface area (Å²) in [6, 6.07) is 14.4. The van der Waals surface area contributed by atoms with Crippen LogP contribution in [-0.2, 0) is 20.0 Å². The number of oxazole rings is 1. The molecule has 0 radical (unpaired) electrons. The maximum atomic E-state index is 12.5. The fraction of sp³-hybridized carbons (Fsp3) is 0.200. The average Bonchev–Trinajstić information content (AvgIpc) is 3.36. The number of carbonyl (C=O) groups is 3. The van der Waals surface area contributed by atoms with Crippen molar-refractivity contribution >= 4 is 40.8 Å². The average molecular weight is 412 g/mol. The van der Waals surface area contributed by atoms with E-state index in [0.717, 1.165) is 16.0 Å². The lowest BCUT2D eigenvalue weighted by Gasteiger charge is -2.12. The number of rotatable bonds is 6. The van der Waals surface area contributed by atoms with Crippen LogP contribution in [0, 0.1) is 0 Å². The zero-order valence-corrected chi connectivity index (χ0v) is 16.0. The van der Waals surface area contributed by atoms with Gasteiger partial charge in [-0.3, -0.25) is 4.79 Å². The van der Waals surface area contributed by atoms with Gasteiger partial charge >= 0.3 is 12.1 Å². The third-order valence-corrected chi connectivity index (χ3v) is 5.13. The van der Waals surface area contributed by atoms with Gasteiger partial charge in [-0.15, -0.1) is 0 Å². The molecule has 1 aromatic heterocycles. The number of esters is 1. The molecule has 0 aliphatic carbocycles. The predicted molar refractivity (Wildman–Crippen MR) is 103 cm³/mol. The SMILES string of the molecule is O=C(OCC(=O)N1CCOC1=O)c1ccccc1CSc1nc2ccccc2o1. The molecule has 2 heterocycles. The number of amides is 2. The molecule has 0 atom stereocenters. The largest absolute Gasteiger partial charge is 0.452 e. The summed E-state index contributed by atoms with van der Waals surface area (Å²) >= 11 is 1.35. The van der Waals surface area contributed by atoms with Gasteiger partial charge in [0, 0.05) is 5.75 Å². The Morgan fingerprint density at radius 2 is 1.93 bits per heavy atom. The van der Waals surface area contributed by atoms with Crippen molar-refractivity contribution in [2.24, 2.45) is 0 Å². The molecule has 2 aromatic carbocycles. The first-order chi connectivity index (χ1) is 14.1. The second-order valence-corrected chi connectivity index (χ2v) is 7.06. The second kappa shape index (κ2) is 8.36. The molecule has 2 amide bonds. The van der Waals surface area contributed by atoms with Gasteiger partial charge in [-0.05, 0) is 23.8 Å². The molecule has 0 N–H and O–H groups in total. The van der Waals surface area contributed by atoms with E-state index in [-0.39, 0.29) is 13.2 Å². The zero-order chi connectivity index (χ0) is 20.2. The van der Waals surface area contributed by atoms with Crippen LogP contribution in [0.3, 0.4) is 0 Å². The molecule has 29 heavy (non-hydrogen) atoms. The molecule has 0 bridgehead atoms. The maximum absolute atomic E-state index is 12.5. The highest BCUT2D eigenvalue weighted by Crippen LogP contribution is 2.27. The molecule has 1 saturated heterocycles. The van der Waals surface area contributed by atoms with E-state index in [0.29, 0.717) is 22.1 Å². The first-order valence-electron chi connectivity index (χ1n) is 8.82. The first-order valence-corrected chi connectivity index (χ1v) is 9.81. The summed E-state index contributed by atoms with van der Waals surface area (Å²) in [5, 5.41) is 0.497. The van der Waals surface area contributed by atoms with Gasteiger partial charge in [0.1, 0.15) is 12.1 Å². The predicted octanol–water partition coefficient (Wildman–Crippen LogP) is 3.26. The van der Waals surface area contributed by atoms with Crippen molar-refractivity contribution in [3.63, 3.8) is 0 Å². The van der Waals surface area contributed by atoms with Crippen LogP contribution in [0.25, 0.3) is 11.1 Å². The molecule has 1 aliphatic rings. The minimum absolute atomic E-state index is 0.147. The van der Waals surface area contributed by atoms with Crippen molar-refractivity contribution in [1.29, 1.82) is 0 Å². The number of para-hydroxylation sites is 2. The minimum Gasteiger partial charge on any atom is -0.452 e. The topological polar surface area (TPSA) is 98.9 Å². The molecule has 1 fully saturated rings. The summed E-state index contributed by atoms with van der Waals surface area (Å²) < 4.78 is 15.5. The number of aromatic nitrogens is 1. The Morgan fingerprint density at radius 1 is 1.14 bits per heavy atom. The van der Waals surface area contributed by atoms with Crippen molar-refractivity contribution in [2.75, 3.05) is 19.8 Å². The van der Waals surface area contributed by atoms with E-state index in [4.69, 9.17) is 13.9 Å². The number of hydrogen-bond acceptors (Lipinski definition) is 8. The molecule has 0 spiro atoms. The first kappa shape index (κ1) is 19.0. The van der Waals surface area contributed by atoms with Gasteiger partial charge in [-0.2, -0.15) is 0 Å². The molecule has 0 saturated carbocycles. The molecule has 4 rings (SSSR count). The molecule has 0 unspecified atom stereocenters. The number of hydrogen-bond donors (Lipinski definition) is 0. The number of cyclic esters (lactones) is 1. The number of nitrogens with zero attached hydrogens (tertiary/aromatic N) is 2. The van der Waals surface area contributed by atoms with Crippen molar-refractivity contribution in [1.82, 2.24) is 9.88 Å². The van der Waals surface area contributed by atoms with E-state index in [1.54, 1.807) is 18.2 Å². The maximum Gasteiger partial charge on any atom is 0.416 e. The van der Waals surface area contributed by atoms with Gasteiger partial charge in [-0.1, -0.05) is 42.1 Å². The van der Waals surface area contributed by atoms with Gasteiger partial charge in [-0.25, -0.2) is 19.5 Å². The lowest BCUT2D eigenvalue weighted by Crippen LogP contribution is -2.35. The number of ether oxygens (including phenoxy) is 2. The highest BCUT2D eigenvalue weighted by atomic mass is 32.2. The fourth-order valence-corrected chi connectivity index (χ4v) is 3.64. The van der Waals surface area contributed by atoms with Crippen molar-refractivity contribution < 1.29 is 28.3 Å². The summed E-state index contributed by atoms with van der Waals surface area (Å²) in [6.45, 7) is -0.220. The normalized spacial score (nSPS) is 13.5.